The van der Waals surface area contributed by atoms with Gasteiger partial charge in [-0.3, -0.25) is 0 Å². The maximum atomic E-state index is 12.8. The van der Waals surface area contributed by atoms with Gasteiger partial charge in [-0.15, -0.1) is 0 Å². The Morgan fingerprint density at radius 3 is 2.64 bits per heavy atom. The number of hydrogen-bond donors (Lipinski definition) is 3. The van der Waals surface area contributed by atoms with E-state index in [1.54, 1.807) is 26.0 Å². The molecule has 1 aliphatic heterocycles. The number of ether oxygens (including phenoxy) is 2. The summed E-state index contributed by atoms with van der Waals surface area (Å²) in [6.45, 7) is 3.94. The molecule has 2 aromatic carbocycles. The van der Waals surface area contributed by atoms with Gasteiger partial charge in [0.2, 0.25) is 0 Å². The second kappa shape index (κ2) is 8.47. The molecule has 0 saturated heterocycles. The maximum Gasteiger partial charge on any atom is 0.338 e. The van der Waals surface area contributed by atoms with Crippen LogP contribution in [0.2, 0.25) is 0 Å². The zero-order chi connectivity index (χ0) is 20.1. The lowest BCUT2D eigenvalue weighted by molar-refractivity contribution is -0.140. The Morgan fingerprint density at radius 1 is 1.18 bits per heavy atom. The number of nitrogens with one attached hydrogen (secondary N) is 2. The lowest BCUT2D eigenvalue weighted by Gasteiger charge is -2.28. The summed E-state index contributed by atoms with van der Waals surface area (Å²) in [5.74, 6) is -0.271. The van der Waals surface area contributed by atoms with E-state index in [9.17, 15) is 14.7 Å². The molecule has 7 heteroatoms. The number of urea groups is 1. The van der Waals surface area contributed by atoms with Crippen LogP contribution in [-0.2, 0) is 16.1 Å². The molecule has 0 saturated carbocycles. The highest BCUT2D eigenvalue weighted by Crippen LogP contribution is 2.34. The molecule has 7 nitrogen and oxygen atoms in total. The predicted molar refractivity (Wildman–Crippen MR) is 103 cm³/mol. The normalized spacial score (nSPS) is 16.2. The van der Waals surface area contributed by atoms with Crippen LogP contribution >= 0.6 is 0 Å². The molecule has 1 heterocycles. The summed E-state index contributed by atoms with van der Waals surface area (Å²) in [6, 6.07) is 12.9. The molecule has 0 bridgehead atoms. The smallest absolute Gasteiger partial charge is 0.338 e. The Kier molecular flexibility index (Phi) is 5.84. The molecule has 0 aromatic heterocycles. The molecule has 2 aromatic rings. The Labute approximate surface area is 163 Å². The van der Waals surface area contributed by atoms with Gasteiger partial charge >= 0.3 is 12.0 Å². The highest BCUT2D eigenvalue weighted by molar-refractivity contribution is 5.95. The molecule has 1 atom stereocenters. The fourth-order valence-corrected chi connectivity index (χ4v) is 3.00. The molecule has 0 fully saturated rings. The van der Waals surface area contributed by atoms with Gasteiger partial charge in [0.15, 0.2) is 11.5 Å². The SMILES string of the molecule is CCOc1cc([C@H]2NC(=O)NC(C)=C2C(=O)OCc2ccccc2)ccc1O. The van der Waals surface area contributed by atoms with Crippen molar-refractivity contribution in [3.05, 3.63) is 70.9 Å². The van der Waals surface area contributed by atoms with Gasteiger partial charge < -0.3 is 25.2 Å². The zero-order valence-electron chi connectivity index (χ0n) is 15.7. The fourth-order valence-electron chi connectivity index (χ4n) is 3.00. The lowest BCUT2D eigenvalue weighted by atomic mass is 9.95. The summed E-state index contributed by atoms with van der Waals surface area (Å²) in [6.07, 6.45) is 0. The monoisotopic (exact) mass is 382 g/mol. The Balaban J connectivity index is 1.88. The minimum atomic E-state index is -0.725. The molecule has 0 radical (unpaired) electrons. The van der Waals surface area contributed by atoms with Crippen molar-refractivity contribution in [3.63, 3.8) is 0 Å². The van der Waals surface area contributed by atoms with Crippen LogP contribution in [0.4, 0.5) is 4.79 Å². The first-order valence-corrected chi connectivity index (χ1v) is 8.94. The third-order valence-electron chi connectivity index (χ3n) is 4.32. The van der Waals surface area contributed by atoms with Gasteiger partial charge in [0.05, 0.1) is 18.2 Å². The summed E-state index contributed by atoms with van der Waals surface area (Å²) in [7, 11) is 0. The summed E-state index contributed by atoms with van der Waals surface area (Å²) < 4.78 is 10.9. The third kappa shape index (κ3) is 4.25. The summed E-state index contributed by atoms with van der Waals surface area (Å²) >= 11 is 0. The van der Waals surface area contributed by atoms with Crippen molar-refractivity contribution in [2.75, 3.05) is 6.61 Å². The number of aromatic hydroxyl groups is 1. The molecule has 2 amide bonds. The molecule has 0 unspecified atom stereocenters. The van der Waals surface area contributed by atoms with Crippen molar-refractivity contribution in [3.8, 4) is 11.5 Å². The highest BCUT2D eigenvalue weighted by Gasteiger charge is 2.32. The summed E-state index contributed by atoms with van der Waals surface area (Å²) in [5, 5.41) is 15.3. The quantitative estimate of drug-likeness (QED) is 0.667. The van der Waals surface area contributed by atoms with E-state index in [4.69, 9.17) is 9.47 Å². The van der Waals surface area contributed by atoms with Crippen molar-refractivity contribution >= 4 is 12.0 Å². The Bertz CT molecular complexity index is 908. The Morgan fingerprint density at radius 2 is 1.93 bits per heavy atom. The topological polar surface area (TPSA) is 96.9 Å². The number of carbonyl (C=O) groups excluding carboxylic acids is 2. The minimum Gasteiger partial charge on any atom is -0.504 e. The predicted octanol–water partition coefficient (Wildman–Crippen LogP) is 3.16. The minimum absolute atomic E-state index is 0.0141. The van der Waals surface area contributed by atoms with E-state index in [1.807, 2.05) is 30.3 Å². The third-order valence-corrected chi connectivity index (χ3v) is 4.32. The van der Waals surface area contributed by atoms with Gasteiger partial charge in [0.1, 0.15) is 6.61 Å². The molecule has 3 N–H and O–H groups in total. The van der Waals surface area contributed by atoms with Crippen molar-refractivity contribution in [2.24, 2.45) is 0 Å². The molecule has 0 spiro atoms. The number of benzene rings is 2. The van der Waals surface area contributed by atoms with Crippen molar-refractivity contribution in [1.29, 1.82) is 0 Å². The van der Waals surface area contributed by atoms with Gasteiger partial charge in [-0.05, 0) is 37.1 Å². The number of allylic oxidation sites excluding steroid dienone is 1. The van der Waals surface area contributed by atoms with Crippen LogP contribution in [0.5, 0.6) is 11.5 Å². The number of rotatable bonds is 6. The largest absolute Gasteiger partial charge is 0.504 e. The number of carbonyl (C=O) groups is 2. The zero-order valence-corrected chi connectivity index (χ0v) is 15.7. The number of phenolic OH excluding ortho intramolecular Hbond substituents is 1. The summed E-state index contributed by atoms with van der Waals surface area (Å²) in [5.41, 5.74) is 2.17. The van der Waals surface area contributed by atoms with Crippen LogP contribution in [0.15, 0.2) is 59.8 Å². The average molecular weight is 382 g/mol. The lowest BCUT2D eigenvalue weighted by Crippen LogP contribution is -2.45. The first-order chi connectivity index (χ1) is 13.5. The number of esters is 1. The standard InChI is InChI=1S/C21H22N2O5/c1-3-27-17-11-15(9-10-16(17)24)19-18(13(2)22-21(26)23-19)20(25)28-12-14-7-5-4-6-8-14/h4-11,19,24H,3,12H2,1-2H3,(H2,22,23,26)/t19-/m1/s1. The van der Waals surface area contributed by atoms with Crippen molar-refractivity contribution < 1.29 is 24.2 Å². The van der Waals surface area contributed by atoms with E-state index >= 15 is 0 Å². The van der Waals surface area contributed by atoms with Gasteiger partial charge in [0.25, 0.3) is 0 Å². The van der Waals surface area contributed by atoms with Crippen molar-refractivity contribution in [2.45, 2.75) is 26.5 Å². The van der Waals surface area contributed by atoms with Crippen LogP contribution in [0.1, 0.15) is 31.0 Å². The first kappa shape index (κ1) is 19.3. The van der Waals surface area contributed by atoms with E-state index in [0.717, 1.165) is 5.56 Å². The van der Waals surface area contributed by atoms with Crippen LogP contribution in [0.25, 0.3) is 0 Å². The van der Waals surface area contributed by atoms with Gasteiger partial charge in [0, 0.05) is 5.70 Å². The van der Waals surface area contributed by atoms with Crippen molar-refractivity contribution in [1.82, 2.24) is 10.6 Å². The van der Waals surface area contributed by atoms with E-state index in [2.05, 4.69) is 10.6 Å². The van der Waals surface area contributed by atoms with E-state index in [1.165, 1.54) is 6.07 Å². The molecule has 3 rings (SSSR count). The number of amides is 2. The molecule has 1 aliphatic rings. The highest BCUT2D eigenvalue weighted by atomic mass is 16.5. The van der Waals surface area contributed by atoms with E-state index in [0.29, 0.717) is 23.4 Å². The van der Waals surface area contributed by atoms with E-state index < -0.39 is 18.0 Å². The molecule has 28 heavy (non-hydrogen) atoms. The van der Waals surface area contributed by atoms with Gasteiger partial charge in [-0.25, -0.2) is 9.59 Å². The van der Waals surface area contributed by atoms with Crippen LogP contribution in [0.3, 0.4) is 0 Å². The van der Waals surface area contributed by atoms with E-state index in [-0.39, 0.29) is 18.1 Å². The molecular weight excluding hydrogens is 360 g/mol. The second-order valence-corrected chi connectivity index (χ2v) is 6.29. The fraction of sp³-hybridized carbons (Fsp3) is 0.238. The molecule has 146 valence electrons. The van der Waals surface area contributed by atoms with Crippen LogP contribution in [-0.4, -0.2) is 23.7 Å². The van der Waals surface area contributed by atoms with Crippen LogP contribution < -0.4 is 15.4 Å². The Hall–Kier alpha value is -3.48. The number of phenols is 1. The summed E-state index contributed by atoms with van der Waals surface area (Å²) in [4.78, 5) is 24.8. The van der Waals surface area contributed by atoms with Gasteiger partial charge in [-0.1, -0.05) is 36.4 Å². The molecular formula is C21H22N2O5. The maximum absolute atomic E-state index is 12.8. The number of hydrogen-bond acceptors (Lipinski definition) is 5. The van der Waals surface area contributed by atoms with Crippen LogP contribution in [0, 0.1) is 0 Å². The second-order valence-electron chi connectivity index (χ2n) is 6.29. The first-order valence-electron chi connectivity index (χ1n) is 8.94. The average Bonchev–Trinajstić information content (AvgIpc) is 2.68. The van der Waals surface area contributed by atoms with Gasteiger partial charge in [-0.2, -0.15) is 0 Å². The molecule has 0 aliphatic carbocycles.